The maximum Gasteiger partial charge on any atom is 0.229 e. The molecular formula is C27H38N2O3. The number of rotatable bonds is 6. The van der Waals surface area contributed by atoms with Crippen molar-refractivity contribution >= 4 is 17.9 Å². The third-order valence-electron chi connectivity index (χ3n) is 8.30. The molecule has 4 unspecified atom stereocenters. The minimum absolute atomic E-state index is 0.0206. The molecule has 0 aromatic heterocycles. The predicted molar refractivity (Wildman–Crippen MR) is 127 cm³/mol. The molecule has 1 aliphatic carbocycles. The van der Waals surface area contributed by atoms with E-state index in [1.54, 1.807) is 12.1 Å². The molecular weight excluding hydrogens is 400 g/mol. The average Bonchev–Trinajstić information content (AvgIpc) is 2.85. The summed E-state index contributed by atoms with van der Waals surface area (Å²) in [4.78, 5) is 33.1. The first-order valence-corrected chi connectivity index (χ1v) is 12.6. The summed E-state index contributed by atoms with van der Waals surface area (Å²) in [6.45, 7) is 4.74. The number of nitrogens with zero attached hydrogens (tertiary/aromatic N) is 2. The number of carbonyl (C=O) groups excluding carboxylic acids is 2. The molecule has 4 rings (SSSR count). The van der Waals surface area contributed by atoms with Gasteiger partial charge in [-0.15, -0.1) is 0 Å². The molecule has 2 heterocycles. The van der Waals surface area contributed by atoms with E-state index < -0.39 is 11.5 Å². The van der Waals surface area contributed by atoms with E-state index in [0.717, 1.165) is 57.7 Å². The molecule has 174 valence electrons. The Bertz CT molecular complexity index is 815. The van der Waals surface area contributed by atoms with E-state index in [-0.39, 0.29) is 11.7 Å². The van der Waals surface area contributed by atoms with Gasteiger partial charge in [-0.3, -0.25) is 14.6 Å². The van der Waals surface area contributed by atoms with Crippen LogP contribution in [0.5, 0.6) is 0 Å². The highest BCUT2D eigenvalue weighted by molar-refractivity contribution is 6.05. The van der Waals surface area contributed by atoms with Crippen LogP contribution in [0.4, 0.5) is 0 Å². The van der Waals surface area contributed by atoms with Gasteiger partial charge < -0.3 is 10.0 Å². The minimum Gasteiger partial charge on any atom is -0.381 e. The predicted octanol–water partition coefficient (Wildman–Crippen LogP) is 4.54. The molecule has 1 N–H and O–H groups in total. The van der Waals surface area contributed by atoms with Crippen LogP contribution in [0.15, 0.2) is 35.3 Å². The van der Waals surface area contributed by atoms with Crippen LogP contribution in [-0.4, -0.2) is 53.1 Å². The number of aliphatic imine (C=N–C) groups is 1. The van der Waals surface area contributed by atoms with Crippen LogP contribution in [0.1, 0.15) is 75.1 Å². The van der Waals surface area contributed by atoms with Crippen LogP contribution in [0.25, 0.3) is 0 Å². The summed E-state index contributed by atoms with van der Waals surface area (Å²) in [6, 6.07) is 8.95. The van der Waals surface area contributed by atoms with E-state index >= 15 is 0 Å². The maximum absolute atomic E-state index is 13.5. The van der Waals surface area contributed by atoms with Crippen molar-refractivity contribution in [2.24, 2.45) is 28.7 Å². The Morgan fingerprint density at radius 2 is 1.84 bits per heavy atom. The lowest BCUT2D eigenvalue weighted by molar-refractivity contribution is -0.147. The summed E-state index contributed by atoms with van der Waals surface area (Å²) in [5.74, 6) is 1.12. The number of piperidine rings is 1. The molecule has 1 amide bonds. The van der Waals surface area contributed by atoms with Gasteiger partial charge >= 0.3 is 0 Å². The molecule has 1 aromatic rings. The fourth-order valence-electron chi connectivity index (χ4n) is 6.46. The number of likely N-dealkylation sites (tertiary alicyclic amines) is 1. The van der Waals surface area contributed by atoms with E-state index in [2.05, 4.69) is 18.1 Å². The number of amides is 1. The summed E-state index contributed by atoms with van der Waals surface area (Å²) in [5, 5.41) is 11.5. The van der Waals surface area contributed by atoms with Crippen molar-refractivity contribution in [2.75, 3.05) is 19.6 Å². The van der Waals surface area contributed by atoms with Crippen LogP contribution in [0, 0.1) is 23.7 Å². The standard InChI is InChI=1S/C27H38N2O3/c1-2-23(20-11-16-28-17-12-20)21-13-18-29(19-14-21)26(31)24-10-6-7-15-27(24,32)25(30)22-8-4-3-5-9-22/h3-5,8-9,16,20-21,23-24,32H,2,6-7,10-15,17-19H2,1H3. The Labute approximate surface area is 192 Å². The fraction of sp³-hybridized carbons (Fsp3) is 0.667. The van der Waals surface area contributed by atoms with Gasteiger partial charge in [0.05, 0.1) is 5.92 Å². The Balaban J connectivity index is 1.42. The number of carbonyl (C=O) groups is 2. The second-order valence-corrected chi connectivity index (χ2v) is 10.0. The third kappa shape index (κ3) is 4.68. The number of Topliss-reactive ketones (excluding diaryl/α,β-unsaturated/α-hetero) is 1. The molecule has 3 aliphatic rings. The van der Waals surface area contributed by atoms with Crippen molar-refractivity contribution in [3.63, 3.8) is 0 Å². The van der Waals surface area contributed by atoms with Crippen molar-refractivity contribution in [1.29, 1.82) is 0 Å². The summed E-state index contributed by atoms with van der Waals surface area (Å²) in [6.07, 6.45) is 10.2. The van der Waals surface area contributed by atoms with Gasteiger partial charge in [0, 0.05) is 25.2 Å². The quantitative estimate of drug-likeness (QED) is 0.663. The molecule has 1 aromatic carbocycles. The molecule has 1 saturated heterocycles. The third-order valence-corrected chi connectivity index (χ3v) is 8.30. The molecule has 4 atom stereocenters. The largest absolute Gasteiger partial charge is 0.381 e. The number of hydrogen-bond donors (Lipinski definition) is 1. The maximum atomic E-state index is 13.5. The number of hydrogen-bond acceptors (Lipinski definition) is 4. The highest BCUT2D eigenvalue weighted by Gasteiger charge is 2.50. The summed E-state index contributed by atoms with van der Waals surface area (Å²) >= 11 is 0. The molecule has 2 aliphatic heterocycles. The van der Waals surface area contributed by atoms with Gasteiger partial charge in [0.2, 0.25) is 5.91 Å². The van der Waals surface area contributed by atoms with Crippen LogP contribution in [0.3, 0.4) is 0 Å². The molecule has 1 saturated carbocycles. The van der Waals surface area contributed by atoms with Crippen molar-refractivity contribution < 1.29 is 14.7 Å². The molecule has 5 heteroatoms. The molecule has 2 fully saturated rings. The monoisotopic (exact) mass is 438 g/mol. The Morgan fingerprint density at radius 1 is 1.09 bits per heavy atom. The van der Waals surface area contributed by atoms with Crippen LogP contribution >= 0.6 is 0 Å². The van der Waals surface area contributed by atoms with Gasteiger partial charge in [0.1, 0.15) is 5.60 Å². The second kappa shape index (κ2) is 10.3. The SMILES string of the molecule is CCC(C1CC=NCC1)C1CCN(C(=O)C2CCCCC2(O)C(=O)c2ccccc2)CC1. The zero-order valence-corrected chi connectivity index (χ0v) is 19.4. The molecule has 0 spiro atoms. The zero-order valence-electron chi connectivity index (χ0n) is 19.4. The lowest BCUT2D eigenvalue weighted by atomic mass is 9.70. The van der Waals surface area contributed by atoms with E-state index in [4.69, 9.17) is 0 Å². The number of benzene rings is 1. The van der Waals surface area contributed by atoms with E-state index in [1.165, 1.54) is 12.8 Å². The van der Waals surface area contributed by atoms with E-state index in [0.29, 0.717) is 30.2 Å². The average molecular weight is 439 g/mol. The number of aliphatic hydroxyl groups is 1. The molecule has 0 radical (unpaired) electrons. The number of ketones is 1. The Kier molecular flexibility index (Phi) is 7.44. The van der Waals surface area contributed by atoms with Gasteiger partial charge in [0.15, 0.2) is 5.78 Å². The Hall–Kier alpha value is -2.01. The topological polar surface area (TPSA) is 70.0 Å². The van der Waals surface area contributed by atoms with Gasteiger partial charge in [-0.05, 0) is 62.5 Å². The lowest BCUT2D eigenvalue weighted by Crippen LogP contribution is -2.55. The van der Waals surface area contributed by atoms with Crippen molar-refractivity contribution in [3.8, 4) is 0 Å². The van der Waals surface area contributed by atoms with Gasteiger partial charge in [0.25, 0.3) is 0 Å². The summed E-state index contributed by atoms with van der Waals surface area (Å²) in [5.41, 5.74) is -1.09. The van der Waals surface area contributed by atoms with Crippen molar-refractivity contribution in [3.05, 3.63) is 35.9 Å². The van der Waals surface area contributed by atoms with Crippen LogP contribution in [-0.2, 0) is 4.79 Å². The Morgan fingerprint density at radius 3 is 2.50 bits per heavy atom. The molecule has 0 bridgehead atoms. The first kappa shape index (κ1) is 23.2. The zero-order chi connectivity index (χ0) is 22.6. The molecule has 5 nitrogen and oxygen atoms in total. The second-order valence-electron chi connectivity index (χ2n) is 10.0. The van der Waals surface area contributed by atoms with Gasteiger partial charge in [-0.1, -0.05) is 56.5 Å². The lowest BCUT2D eigenvalue weighted by Gasteiger charge is -2.43. The van der Waals surface area contributed by atoms with Crippen molar-refractivity contribution in [1.82, 2.24) is 4.90 Å². The normalized spacial score (nSPS) is 30.1. The summed E-state index contributed by atoms with van der Waals surface area (Å²) < 4.78 is 0. The van der Waals surface area contributed by atoms with Crippen LogP contribution < -0.4 is 0 Å². The smallest absolute Gasteiger partial charge is 0.229 e. The minimum atomic E-state index is -1.58. The van der Waals surface area contributed by atoms with E-state index in [9.17, 15) is 14.7 Å². The van der Waals surface area contributed by atoms with Crippen LogP contribution in [0.2, 0.25) is 0 Å². The van der Waals surface area contributed by atoms with Gasteiger partial charge in [-0.25, -0.2) is 0 Å². The van der Waals surface area contributed by atoms with E-state index in [1.807, 2.05) is 23.1 Å². The highest BCUT2D eigenvalue weighted by atomic mass is 16.3. The highest BCUT2D eigenvalue weighted by Crippen LogP contribution is 2.40. The van der Waals surface area contributed by atoms with Crippen molar-refractivity contribution in [2.45, 2.75) is 70.3 Å². The molecule has 32 heavy (non-hydrogen) atoms. The summed E-state index contributed by atoms with van der Waals surface area (Å²) in [7, 11) is 0. The first-order valence-electron chi connectivity index (χ1n) is 12.6. The fourth-order valence-corrected chi connectivity index (χ4v) is 6.46. The first-order chi connectivity index (χ1) is 15.5. The van der Waals surface area contributed by atoms with Gasteiger partial charge in [-0.2, -0.15) is 0 Å².